The predicted octanol–water partition coefficient (Wildman–Crippen LogP) is 16.9. The second-order valence-corrected chi connectivity index (χ2v) is 15.9. The molecule has 0 heterocycles. The molecule has 0 amide bonds. The van der Waals surface area contributed by atoms with E-state index in [-0.39, 0.29) is 38.0 Å². The van der Waals surface area contributed by atoms with Gasteiger partial charge in [0.1, 0.15) is 13.2 Å². The number of hydrogen-bond donors (Lipinski definition) is 0. The van der Waals surface area contributed by atoms with Gasteiger partial charge < -0.3 is 14.2 Å². The molecule has 0 aromatic heterocycles. The van der Waals surface area contributed by atoms with Crippen molar-refractivity contribution in [1.82, 2.24) is 0 Å². The lowest BCUT2D eigenvalue weighted by molar-refractivity contribution is -0.166. The van der Waals surface area contributed by atoms with Crippen molar-refractivity contribution in [1.29, 1.82) is 0 Å². The number of carbonyl (C=O) groups excluding carboxylic acids is 3. The maximum Gasteiger partial charge on any atom is 0.309 e. The highest BCUT2D eigenvalue weighted by molar-refractivity contribution is 5.72. The standard InChI is InChI=1S/C59H90O6/c1-4-7-10-13-16-19-21-23-25-27-29-31-33-35-37-40-43-46-49-52-58(61)64-55-56(54-63-57(60)51-48-45-42-39-18-15-12-9-6-3)65-59(62)53-50-47-44-41-38-36-34-32-30-28-26-24-22-20-17-14-11-8-5-2/h7-12,16-20,23-26,29-32,35,37,39,45,48,56H,4-6,13-15,21-22,27-28,33-34,36,38,40-44,46-47,49-55H2,1-3H3/b10-7-,11-8-,12-9-,19-16-,20-17-,25-23-,26-24-,31-29-,32-30-,37-35-,39-18-,48-45-. The van der Waals surface area contributed by atoms with Gasteiger partial charge in [0.05, 0.1) is 6.42 Å². The third kappa shape index (κ3) is 50.2. The Kier molecular flexibility index (Phi) is 48.2. The third-order valence-electron chi connectivity index (χ3n) is 9.85. The largest absolute Gasteiger partial charge is 0.462 e. The molecule has 65 heavy (non-hydrogen) atoms. The van der Waals surface area contributed by atoms with E-state index in [1.54, 1.807) is 6.08 Å². The fraction of sp³-hybridized carbons (Fsp3) is 0.542. The zero-order chi connectivity index (χ0) is 47.2. The fourth-order valence-electron chi connectivity index (χ4n) is 6.17. The van der Waals surface area contributed by atoms with Gasteiger partial charge in [0.25, 0.3) is 0 Å². The monoisotopic (exact) mass is 895 g/mol. The summed E-state index contributed by atoms with van der Waals surface area (Å²) in [5.41, 5.74) is 0. The number of hydrogen-bond acceptors (Lipinski definition) is 6. The Morgan fingerprint density at radius 3 is 1.02 bits per heavy atom. The predicted molar refractivity (Wildman–Crippen MR) is 279 cm³/mol. The topological polar surface area (TPSA) is 78.9 Å². The van der Waals surface area contributed by atoms with E-state index in [1.165, 1.54) is 12.8 Å². The van der Waals surface area contributed by atoms with Crippen LogP contribution in [0.15, 0.2) is 146 Å². The van der Waals surface area contributed by atoms with Gasteiger partial charge in [-0.25, -0.2) is 0 Å². The second kappa shape index (κ2) is 51.9. The van der Waals surface area contributed by atoms with E-state index in [1.807, 2.05) is 6.08 Å². The Hall–Kier alpha value is -4.71. The molecule has 0 aromatic carbocycles. The first kappa shape index (κ1) is 60.3. The third-order valence-corrected chi connectivity index (χ3v) is 9.85. The molecular formula is C59H90O6. The summed E-state index contributed by atoms with van der Waals surface area (Å²) in [6.07, 6.45) is 74.4. The molecule has 0 bridgehead atoms. The van der Waals surface area contributed by atoms with E-state index >= 15 is 0 Å². The van der Waals surface area contributed by atoms with Crippen molar-refractivity contribution in [2.75, 3.05) is 13.2 Å². The number of ether oxygens (including phenoxy) is 3. The molecule has 362 valence electrons. The minimum absolute atomic E-state index is 0.118. The van der Waals surface area contributed by atoms with Crippen LogP contribution < -0.4 is 0 Å². The first-order valence-corrected chi connectivity index (χ1v) is 25.3. The Morgan fingerprint density at radius 1 is 0.323 bits per heavy atom. The minimum atomic E-state index is -0.841. The van der Waals surface area contributed by atoms with E-state index in [0.29, 0.717) is 6.42 Å². The molecule has 0 aromatic rings. The number of rotatable bonds is 43. The molecule has 0 saturated heterocycles. The maximum absolute atomic E-state index is 12.8. The molecular weight excluding hydrogens is 805 g/mol. The quantitative estimate of drug-likeness (QED) is 0.0263. The van der Waals surface area contributed by atoms with Crippen molar-refractivity contribution in [3.63, 3.8) is 0 Å². The van der Waals surface area contributed by atoms with Crippen molar-refractivity contribution in [3.05, 3.63) is 146 Å². The Balaban J connectivity index is 4.49. The van der Waals surface area contributed by atoms with Crippen LogP contribution in [0.3, 0.4) is 0 Å². The summed E-state index contributed by atoms with van der Waals surface area (Å²) in [7, 11) is 0. The first-order valence-electron chi connectivity index (χ1n) is 25.3. The highest BCUT2D eigenvalue weighted by atomic mass is 16.6. The molecule has 1 unspecified atom stereocenters. The zero-order valence-corrected chi connectivity index (χ0v) is 41.2. The van der Waals surface area contributed by atoms with Gasteiger partial charge in [-0.3, -0.25) is 14.4 Å². The van der Waals surface area contributed by atoms with E-state index in [2.05, 4.69) is 154 Å². The summed E-state index contributed by atoms with van der Waals surface area (Å²) in [4.78, 5) is 37.8. The molecule has 0 fully saturated rings. The lowest BCUT2D eigenvalue weighted by Crippen LogP contribution is -2.30. The molecule has 0 radical (unpaired) electrons. The summed E-state index contributed by atoms with van der Waals surface area (Å²) in [6, 6.07) is 0. The van der Waals surface area contributed by atoms with Gasteiger partial charge in [-0.2, -0.15) is 0 Å². The van der Waals surface area contributed by atoms with Crippen LogP contribution in [0.25, 0.3) is 0 Å². The number of unbranched alkanes of at least 4 members (excludes halogenated alkanes) is 9. The molecule has 0 aliphatic carbocycles. The molecule has 0 aliphatic heterocycles. The molecule has 1 atom stereocenters. The Labute approximate surface area is 397 Å². The van der Waals surface area contributed by atoms with E-state index < -0.39 is 12.1 Å². The van der Waals surface area contributed by atoms with Crippen LogP contribution in [0.4, 0.5) is 0 Å². The van der Waals surface area contributed by atoms with Crippen LogP contribution in [-0.4, -0.2) is 37.2 Å². The lowest BCUT2D eigenvalue weighted by atomic mass is 10.1. The average Bonchev–Trinajstić information content (AvgIpc) is 3.30. The summed E-state index contributed by atoms with van der Waals surface area (Å²) in [5.74, 6) is -1.12. The van der Waals surface area contributed by atoms with Gasteiger partial charge in [-0.05, 0) is 116 Å². The van der Waals surface area contributed by atoms with Crippen LogP contribution in [0.1, 0.15) is 188 Å². The van der Waals surface area contributed by atoms with Crippen LogP contribution in [0.2, 0.25) is 0 Å². The molecule has 6 heteroatoms. The summed E-state index contributed by atoms with van der Waals surface area (Å²) in [6.45, 7) is 6.12. The lowest BCUT2D eigenvalue weighted by Gasteiger charge is -2.18. The van der Waals surface area contributed by atoms with E-state index in [0.717, 1.165) is 135 Å². The molecule has 0 rings (SSSR count). The Morgan fingerprint density at radius 2 is 0.615 bits per heavy atom. The number of esters is 3. The second-order valence-electron chi connectivity index (χ2n) is 15.9. The van der Waals surface area contributed by atoms with Gasteiger partial charge in [0, 0.05) is 12.8 Å². The normalized spacial score (nSPS) is 13.3. The van der Waals surface area contributed by atoms with E-state index in [4.69, 9.17) is 14.2 Å². The zero-order valence-electron chi connectivity index (χ0n) is 41.2. The van der Waals surface area contributed by atoms with Crippen LogP contribution in [-0.2, 0) is 28.6 Å². The van der Waals surface area contributed by atoms with Gasteiger partial charge in [0.2, 0.25) is 0 Å². The number of allylic oxidation sites excluding steroid dienone is 23. The van der Waals surface area contributed by atoms with Crippen LogP contribution in [0, 0.1) is 0 Å². The summed E-state index contributed by atoms with van der Waals surface area (Å²) < 4.78 is 16.6. The minimum Gasteiger partial charge on any atom is -0.462 e. The SMILES string of the molecule is CC/C=C\C/C=C\C/C=C\C/C=C\C/C=C\CCCCCC(=O)OCC(COC(=O)C/C=C\C/C=C\C/C=C\CC)OC(=O)CCCCCCCC/C=C\C/C=C\C/C=C\C/C=C\CC. The van der Waals surface area contributed by atoms with Crippen molar-refractivity contribution in [2.45, 2.75) is 194 Å². The highest BCUT2D eigenvalue weighted by Crippen LogP contribution is 2.12. The first-order chi connectivity index (χ1) is 32.0. The fourth-order valence-corrected chi connectivity index (χ4v) is 6.17. The number of carbonyl (C=O) groups is 3. The maximum atomic E-state index is 12.8. The van der Waals surface area contributed by atoms with Crippen LogP contribution in [0.5, 0.6) is 0 Å². The van der Waals surface area contributed by atoms with Gasteiger partial charge >= 0.3 is 17.9 Å². The Bertz CT molecular complexity index is 1490. The van der Waals surface area contributed by atoms with Crippen molar-refractivity contribution in [3.8, 4) is 0 Å². The molecule has 0 aliphatic rings. The van der Waals surface area contributed by atoms with Gasteiger partial charge in [-0.1, -0.05) is 199 Å². The molecule has 6 nitrogen and oxygen atoms in total. The van der Waals surface area contributed by atoms with Crippen LogP contribution >= 0.6 is 0 Å². The van der Waals surface area contributed by atoms with E-state index in [9.17, 15) is 14.4 Å². The van der Waals surface area contributed by atoms with Gasteiger partial charge in [0.15, 0.2) is 6.10 Å². The summed E-state index contributed by atoms with van der Waals surface area (Å²) in [5, 5.41) is 0. The molecule has 0 spiro atoms. The van der Waals surface area contributed by atoms with Crippen molar-refractivity contribution >= 4 is 17.9 Å². The van der Waals surface area contributed by atoms with Gasteiger partial charge in [-0.15, -0.1) is 0 Å². The highest BCUT2D eigenvalue weighted by Gasteiger charge is 2.19. The summed E-state index contributed by atoms with van der Waals surface area (Å²) >= 11 is 0. The van der Waals surface area contributed by atoms with Crippen molar-refractivity contribution < 1.29 is 28.6 Å². The average molecular weight is 895 g/mol. The van der Waals surface area contributed by atoms with Crippen molar-refractivity contribution in [2.24, 2.45) is 0 Å². The molecule has 0 N–H and O–H groups in total. The smallest absolute Gasteiger partial charge is 0.309 e. The molecule has 0 saturated carbocycles.